The molecule has 0 radical (unpaired) electrons. The number of amides is 1. The number of halogens is 2. The van der Waals surface area contributed by atoms with Gasteiger partial charge in [0.15, 0.2) is 0 Å². The lowest BCUT2D eigenvalue weighted by Gasteiger charge is -2.07. The molecule has 0 heterocycles. The second-order valence-corrected chi connectivity index (χ2v) is 3.65. The molecule has 1 aromatic rings. The number of benzene rings is 1. The standard InChI is InChI=1S/C10H5Cl2N3O/c11-7-3-6(5-14)10(8(12)4-7)15-9(16)1-2-13/h3-4H,1H2,(H,15,16). The highest BCUT2D eigenvalue weighted by molar-refractivity contribution is 6.37. The summed E-state index contributed by atoms with van der Waals surface area (Å²) in [5.41, 5.74) is 0.331. The molecule has 0 atom stereocenters. The van der Waals surface area contributed by atoms with E-state index < -0.39 is 5.91 Å². The molecule has 0 saturated heterocycles. The Hall–Kier alpha value is -1.75. The predicted octanol–water partition coefficient (Wildman–Crippen LogP) is 2.72. The maximum atomic E-state index is 11.2. The van der Waals surface area contributed by atoms with Gasteiger partial charge in [0.25, 0.3) is 0 Å². The Bertz CT molecular complexity index is 514. The van der Waals surface area contributed by atoms with Crippen LogP contribution >= 0.6 is 23.2 Å². The summed E-state index contributed by atoms with van der Waals surface area (Å²) < 4.78 is 0. The Labute approximate surface area is 102 Å². The summed E-state index contributed by atoms with van der Waals surface area (Å²) in [6.45, 7) is 0. The Morgan fingerprint density at radius 3 is 2.62 bits per heavy atom. The lowest BCUT2D eigenvalue weighted by atomic mass is 10.2. The summed E-state index contributed by atoms with van der Waals surface area (Å²) in [7, 11) is 0. The zero-order valence-electron chi connectivity index (χ0n) is 7.92. The minimum atomic E-state index is -0.525. The van der Waals surface area contributed by atoms with Gasteiger partial charge in [-0.15, -0.1) is 0 Å². The van der Waals surface area contributed by atoms with E-state index in [2.05, 4.69) is 5.32 Å². The number of nitrogens with one attached hydrogen (secondary N) is 1. The first kappa shape index (κ1) is 12.3. The van der Waals surface area contributed by atoms with Gasteiger partial charge in [-0.2, -0.15) is 10.5 Å². The van der Waals surface area contributed by atoms with E-state index in [-0.39, 0.29) is 22.7 Å². The van der Waals surface area contributed by atoms with Crippen molar-refractivity contribution < 1.29 is 4.79 Å². The molecule has 0 aliphatic heterocycles. The first-order valence-corrected chi connectivity index (χ1v) is 4.90. The van der Waals surface area contributed by atoms with Crippen molar-refractivity contribution in [1.29, 1.82) is 10.5 Å². The number of rotatable bonds is 2. The van der Waals surface area contributed by atoms with E-state index in [1.54, 1.807) is 6.07 Å². The normalized spacial score (nSPS) is 9.00. The number of carbonyl (C=O) groups excluding carboxylic acids is 1. The van der Waals surface area contributed by atoms with Crippen molar-refractivity contribution in [3.05, 3.63) is 27.7 Å². The highest BCUT2D eigenvalue weighted by Crippen LogP contribution is 2.29. The molecule has 0 aliphatic carbocycles. The molecule has 16 heavy (non-hydrogen) atoms. The van der Waals surface area contributed by atoms with E-state index in [9.17, 15) is 4.79 Å². The Kier molecular flexibility index (Phi) is 4.13. The van der Waals surface area contributed by atoms with Crippen LogP contribution in [0.5, 0.6) is 0 Å². The van der Waals surface area contributed by atoms with E-state index in [0.717, 1.165) is 0 Å². The molecule has 0 bridgehead atoms. The van der Waals surface area contributed by atoms with Crippen molar-refractivity contribution >= 4 is 34.8 Å². The molecule has 4 nitrogen and oxygen atoms in total. The Morgan fingerprint density at radius 1 is 1.38 bits per heavy atom. The fourth-order valence-corrected chi connectivity index (χ4v) is 1.58. The molecule has 1 N–H and O–H groups in total. The van der Waals surface area contributed by atoms with Gasteiger partial charge in [0.1, 0.15) is 12.5 Å². The topological polar surface area (TPSA) is 76.7 Å². The minimum absolute atomic E-state index is 0.156. The fourth-order valence-electron chi connectivity index (χ4n) is 1.04. The van der Waals surface area contributed by atoms with Gasteiger partial charge < -0.3 is 5.32 Å². The summed E-state index contributed by atoms with van der Waals surface area (Å²) >= 11 is 11.5. The van der Waals surface area contributed by atoms with Gasteiger partial charge in [-0.3, -0.25) is 4.79 Å². The van der Waals surface area contributed by atoms with Gasteiger partial charge in [0, 0.05) is 5.02 Å². The van der Waals surface area contributed by atoms with Crippen molar-refractivity contribution in [2.75, 3.05) is 5.32 Å². The smallest absolute Gasteiger partial charge is 0.238 e. The number of hydrogen-bond donors (Lipinski definition) is 1. The molecule has 1 rings (SSSR count). The van der Waals surface area contributed by atoms with Crippen LogP contribution in [0.1, 0.15) is 12.0 Å². The maximum Gasteiger partial charge on any atom is 0.238 e. The predicted molar refractivity (Wildman–Crippen MR) is 60.0 cm³/mol. The van der Waals surface area contributed by atoms with Crippen molar-refractivity contribution in [2.45, 2.75) is 6.42 Å². The average molecular weight is 254 g/mol. The molecular formula is C10H5Cl2N3O. The minimum Gasteiger partial charge on any atom is -0.323 e. The number of hydrogen-bond acceptors (Lipinski definition) is 3. The molecule has 0 spiro atoms. The molecule has 1 amide bonds. The quantitative estimate of drug-likeness (QED) is 0.881. The van der Waals surface area contributed by atoms with Crippen molar-refractivity contribution in [3.63, 3.8) is 0 Å². The van der Waals surface area contributed by atoms with Crippen LogP contribution in [0.25, 0.3) is 0 Å². The van der Waals surface area contributed by atoms with Crippen LogP contribution in [0.2, 0.25) is 10.0 Å². The van der Waals surface area contributed by atoms with E-state index in [0.29, 0.717) is 5.02 Å². The largest absolute Gasteiger partial charge is 0.323 e. The molecule has 0 aromatic heterocycles. The lowest BCUT2D eigenvalue weighted by Crippen LogP contribution is -2.11. The van der Waals surface area contributed by atoms with E-state index in [1.807, 2.05) is 6.07 Å². The van der Waals surface area contributed by atoms with Gasteiger partial charge in [-0.05, 0) is 12.1 Å². The third-order valence-corrected chi connectivity index (χ3v) is 2.20. The molecular weight excluding hydrogens is 249 g/mol. The Morgan fingerprint density at radius 2 is 2.06 bits per heavy atom. The summed E-state index contributed by atoms with van der Waals surface area (Å²) in [5, 5.41) is 20.0. The van der Waals surface area contributed by atoms with Crippen molar-refractivity contribution in [1.82, 2.24) is 0 Å². The molecule has 0 saturated carbocycles. The fraction of sp³-hybridized carbons (Fsp3) is 0.100. The van der Waals surface area contributed by atoms with Gasteiger partial charge >= 0.3 is 0 Å². The van der Waals surface area contributed by atoms with E-state index in [1.165, 1.54) is 12.1 Å². The number of nitriles is 2. The summed E-state index contributed by atoms with van der Waals surface area (Å²) in [6.07, 6.45) is -0.302. The van der Waals surface area contributed by atoms with Crippen LogP contribution in [0.15, 0.2) is 12.1 Å². The van der Waals surface area contributed by atoms with Crippen LogP contribution < -0.4 is 5.32 Å². The van der Waals surface area contributed by atoms with Crippen LogP contribution in [-0.2, 0) is 4.79 Å². The van der Waals surface area contributed by atoms with E-state index in [4.69, 9.17) is 33.7 Å². The van der Waals surface area contributed by atoms with Gasteiger partial charge in [0.2, 0.25) is 5.91 Å². The van der Waals surface area contributed by atoms with Crippen LogP contribution in [0, 0.1) is 22.7 Å². The average Bonchev–Trinajstić information content (AvgIpc) is 2.22. The highest BCUT2D eigenvalue weighted by atomic mass is 35.5. The zero-order valence-corrected chi connectivity index (χ0v) is 9.43. The van der Waals surface area contributed by atoms with Gasteiger partial charge in [-0.25, -0.2) is 0 Å². The van der Waals surface area contributed by atoms with E-state index >= 15 is 0 Å². The number of anilines is 1. The summed E-state index contributed by atoms with van der Waals surface area (Å²) in [5.74, 6) is -0.525. The van der Waals surface area contributed by atoms with Gasteiger partial charge in [0.05, 0.1) is 22.3 Å². The second kappa shape index (κ2) is 5.37. The first-order chi connectivity index (χ1) is 7.58. The molecule has 80 valence electrons. The third kappa shape index (κ3) is 2.87. The van der Waals surface area contributed by atoms with Crippen molar-refractivity contribution in [2.24, 2.45) is 0 Å². The van der Waals surface area contributed by atoms with Crippen LogP contribution in [-0.4, -0.2) is 5.91 Å². The molecule has 1 aromatic carbocycles. The SMILES string of the molecule is N#CCC(=O)Nc1c(Cl)cc(Cl)cc1C#N. The summed E-state index contributed by atoms with van der Waals surface area (Å²) in [6, 6.07) is 6.34. The lowest BCUT2D eigenvalue weighted by molar-refractivity contribution is -0.115. The number of carbonyl (C=O) groups is 1. The highest BCUT2D eigenvalue weighted by Gasteiger charge is 2.11. The molecule has 0 unspecified atom stereocenters. The Balaban J connectivity index is 3.10. The molecule has 6 heteroatoms. The van der Waals surface area contributed by atoms with Gasteiger partial charge in [-0.1, -0.05) is 23.2 Å². The number of nitrogens with zero attached hydrogens (tertiary/aromatic N) is 2. The third-order valence-electron chi connectivity index (χ3n) is 1.68. The second-order valence-electron chi connectivity index (χ2n) is 2.81. The van der Waals surface area contributed by atoms with Crippen LogP contribution in [0.4, 0.5) is 5.69 Å². The maximum absolute atomic E-state index is 11.2. The molecule has 0 fully saturated rings. The first-order valence-electron chi connectivity index (χ1n) is 4.14. The van der Waals surface area contributed by atoms with Crippen LogP contribution in [0.3, 0.4) is 0 Å². The summed E-state index contributed by atoms with van der Waals surface area (Å²) in [4.78, 5) is 11.2. The monoisotopic (exact) mass is 253 g/mol. The van der Waals surface area contributed by atoms with Crippen molar-refractivity contribution in [3.8, 4) is 12.1 Å². The zero-order chi connectivity index (χ0) is 12.1. The molecule has 0 aliphatic rings.